The predicted molar refractivity (Wildman–Crippen MR) is 88.5 cm³/mol. The van der Waals surface area contributed by atoms with E-state index in [1.165, 1.54) is 5.56 Å². The summed E-state index contributed by atoms with van der Waals surface area (Å²) in [4.78, 5) is 0.146. The van der Waals surface area contributed by atoms with Crippen LogP contribution < -0.4 is 0 Å². The third-order valence-corrected chi connectivity index (χ3v) is 4.66. The van der Waals surface area contributed by atoms with Crippen molar-refractivity contribution in [3.63, 3.8) is 0 Å². The molecule has 3 rings (SSSR count). The summed E-state index contributed by atoms with van der Waals surface area (Å²) in [5, 5.41) is 4.43. The molecular weight excluding hydrogens is 380 g/mol. The number of nitrogens with zero attached hydrogens (tertiary/aromatic N) is 2. The van der Waals surface area contributed by atoms with Crippen molar-refractivity contribution in [2.45, 2.75) is 4.83 Å². The minimum Gasteiger partial charge on any atom is -0.241 e. The first-order valence-electron chi connectivity index (χ1n) is 6.23. The van der Waals surface area contributed by atoms with E-state index in [-0.39, 0.29) is 4.83 Å². The fourth-order valence-electron chi connectivity index (χ4n) is 2.01. The van der Waals surface area contributed by atoms with E-state index in [4.69, 9.17) is 0 Å². The molecule has 0 fully saturated rings. The number of halogens is 2. The van der Waals surface area contributed by atoms with Crippen LogP contribution in [0.4, 0.5) is 0 Å². The Labute approximate surface area is 134 Å². The second-order valence-electron chi connectivity index (χ2n) is 4.47. The van der Waals surface area contributed by atoms with Crippen molar-refractivity contribution in [1.82, 2.24) is 9.78 Å². The van der Waals surface area contributed by atoms with Crippen LogP contribution in [0.1, 0.15) is 16.0 Å². The van der Waals surface area contributed by atoms with Crippen molar-refractivity contribution < 1.29 is 0 Å². The number of alkyl halides is 1. The van der Waals surface area contributed by atoms with Gasteiger partial charge in [-0.3, -0.25) is 0 Å². The van der Waals surface area contributed by atoms with Crippen molar-refractivity contribution in [3.05, 3.63) is 82.6 Å². The van der Waals surface area contributed by atoms with Crippen LogP contribution in [0.15, 0.2) is 71.5 Å². The minimum absolute atomic E-state index is 0.146. The first-order valence-corrected chi connectivity index (χ1v) is 7.94. The third-order valence-electron chi connectivity index (χ3n) is 3.08. The van der Waals surface area contributed by atoms with E-state index in [9.17, 15) is 0 Å². The lowest BCUT2D eigenvalue weighted by molar-refractivity contribution is 0.880. The summed E-state index contributed by atoms with van der Waals surface area (Å²) in [5.74, 6) is 0. The molecule has 0 amide bonds. The third kappa shape index (κ3) is 2.86. The topological polar surface area (TPSA) is 17.8 Å². The molecule has 4 heteroatoms. The second kappa shape index (κ2) is 5.94. The number of para-hydroxylation sites is 1. The van der Waals surface area contributed by atoms with Crippen molar-refractivity contribution in [3.8, 4) is 5.69 Å². The second-order valence-corrected chi connectivity index (χ2v) is 6.30. The molecule has 1 heterocycles. The van der Waals surface area contributed by atoms with Gasteiger partial charge in [0.25, 0.3) is 0 Å². The van der Waals surface area contributed by atoms with E-state index in [1.807, 2.05) is 53.3 Å². The van der Waals surface area contributed by atoms with Crippen molar-refractivity contribution in [1.29, 1.82) is 0 Å². The molecule has 20 heavy (non-hydrogen) atoms. The maximum absolute atomic E-state index is 4.43. The Kier molecular flexibility index (Phi) is 4.03. The van der Waals surface area contributed by atoms with Crippen LogP contribution >= 0.6 is 31.9 Å². The SMILES string of the molecule is Brc1ccc(C(Br)c2cnn(-c3ccccc3)c2)cc1. The van der Waals surface area contributed by atoms with Gasteiger partial charge in [-0.1, -0.05) is 62.2 Å². The first kappa shape index (κ1) is 13.6. The summed E-state index contributed by atoms with van der Waals surface area (Å²) >= 11 is 7.19. The van der Waals surface area contributed by atoms with E-state index in [0.717, 1.165) is 15.7 Å². The summed E-state index contributed by atoms with van der Waals surface area (Å²) in [6.07, 6.45) is 3.95. The molecule has 2 nitrogen and oxygen atoms in total. The van der Waals surface area contributed by atoms with Gasteiger partial charge in [0.1, 0.15) is 0 Å². The van der Waals surface area contributed by atoms with Gasteiger partial charge < -0.3 is 0 Å². The number of hydrogen-bond acceptors (Lipinski definition) is 1. The van der Waals surface area contributed by atoms with E-state index < -0.39 is 0 Å². The van der Waals surface area contributed by atoms with Crippen LogP contribution in [0.2, 0.25) is 0 Å². The maximum atomic E-state index is 4.43. The zero-order valence-electron chi connectivity index (χ0n) is 10.6. The highest BCUT2D eigenvalue weighted by atomic mass is 79.9. The molecule has 100 valence electrons. The Balaban J connectivity index is 1.88. The normalized spacial score (nSPS) is 12.3. The molecule has 0 saturated carbocycles. The lowest BCUT2D eigenvalue weighted by Gasteiger charge is -2.07. The molecule has 0 N–H and O–H groups in total. The summed E-state index contributed by atoms with van der Waals surface area (Å²) < 4.78 is 2.98. The molecule has 0 spiro atoms. The van der Waals surface area contributed by atoms with E-state index in [2.05, 4.69) is 55.3 Å². The van der Waals surface area contributed by atoms with Gasteiger partial charge in [0.15, 0.2) is 0 Å². The van der Waals surface area contributed by atoms with Crippen molar-refractivity contribution >= 4 is 31.9 Å². The van der Waals surface area contributed by atoms with Gasteiger partial charge in [-0.2, -0.15) is 5.10 Å². The number of hydrogen-bond donors (Lipinski definition) is 0. The van der Waals surface area contributed by atoms with Gasteiger partial charge >= 0.3 is 0 Å². The molecule has 0 bridgehead atoms. The van der Waals surface area contributed by atoms with Crippen molar-refractivity contribution in [2.75, 3.05) is 0 Å². The zero-order chi connectivity index (χ0) is 13.9. The van der Waals surface area contributed by atoms with Crippen LogP contribution in [0.25, 0.3) is 5.69 Å². The lowest BCUT2D eigenvalue weighted by Crippen LogP contribution is -1.93. The molecule has 0 aliphatic carbocycles. The van der Waals surface area contributed by atoms with Crippen LogP contribution in [0.5, 0.6) is 0 Å². The molecular formula is C16H12Br2N2. The van der Waals surface area contributed by atoms with Crippen LogP contribution in [-0.2, 0) is 0 Å². The smallest absolute Gasteiger partial charge is 0.0675 e. The van der Waals surface area contributed by atoms with E-state index >= 15 is 0 Å². The molecule has 1 atom stereocenters. The number of benzene rings is 2. The molecule has 0 aliphatic rings. The Morgan fingerprint density at radius 3 is 2.30 bits per heavy atom. The average molecular weight is 392 g/mol. The summed E-state index contributed by atoms with van der Waals surface area (Å²) in [6.45, 7) is 0. The summed E-state index contributed by atoms with van der Waals surface area (Å²) in [5.41, 5.74) is 3.41. The maximum Gasteiger partial charge on any atom is 0.0675 e. The van der Waals surface area contributed by atoms with Crippen LogP contribution in [0, 0.1) is 0 Å². The van der Waals surface area contributed by atoms with Gasteiger partial charge in [-0.25, -0.2) is 4.68 Å². The van der Waals surface area contributed by atoms with Gasteiger partial charge in [0.05, 0.1) is 16.7 Å². The quantitative estimate of drug-likeness (QED) is 0.566. The predicted octanol–water partition coefficient (Wildman–Crippen LogP) is 5.12. The Morgan fingerprint density at radius 1 is 0.900 bits per heavy atom. The number of rotatable bonds is 3. The standard InChI is InChI=1S/C16H12Br2N2/c17-14-8-6-12(7-9-14)16(18)13-10-19-20(11-13)15-4-2-1-3-5-15/h1-11,16H. The zero-order valence-corrected chi connectivity index (χ0v) is 13.8. The highest BCUT2D eigenvalue weighted by Crippen LogP contribution is 2.31. The molecule has 1 aromatic heterocycles. The molecule has 1 unspecified atom stereocenters. The number of aromatic nitrogens is 2. The van der Waals surface area contributed by atoms with Crippen LogP contribution in [0.3, 0.4) is 0 Å². The summed E-state index contributed by atoms with van der Waals surface area (Å²) in [6, 6.07) is 18.4. The highest BCUT2D eigenvalue weighted by Gasteiger charge is 2.12. The molecule has 0 aliphatic heterocycles. The Bertz CT molecular complexity index is 690. The molecule has 0 saturated heterocycles. The van der Waals surface area contributed by atoms with Gasteiger partial charge in [-0.15, -0.1) is 0 Å². The lowest BCUT2D eigenvalue weighted by atomic mass is 10.1. The molecule has 2 aromatic carbocycles. The van der Waals surface area contributed by atoms with Crippen LogP contribution in [-0.4, -0.2) is 9.78 Å². The minimum atomic E-state index is 0.146. The first-order chi connectivity index (χ1) is 9.74. The average Bonchev–Trinajstić information content (AvgIpc) is 2.98. The fraction of sp³-hybridized carbons (Fsp3) is 0.0625. The molecule has 0 radical (unpaired) electrons. The van der Waals surface area contributed by atoms with Crippen molar-refractivity contribution in [2.24, 2.45) is 0 Å². The largest absolute Gasteiger partial charge is 0.241 e. The van der Waals surface area contributed by atoms with Gasteiger partial charge in [0, 0.05) is 16.2 Å². The summed E-state index contributed by atoms with van der Waals surface area (Å²) in [7, 11) is 0. The van der Waals surface area contributed by atoms with E-state index in [0.29, 0.717) is 0 Å². The van der Waals surface area contributed by atoms with Gasteiger partial charge in [-0.05, 0) is 29.8 Å². The highest BCUT2D eigenvalue weighted by molar-refractivity contribution is 9.10. The van der Waals surface area contributed by atoms with E-state index in [1.54, 1.807) is 0 Å². The Hall–Kier alpha value is -1.39. The Morgan fingerprint density at radius 2 is 1.60 bits per heavy atom. The van der Waals surface area contributed by atoms with Gasteiger partial charge in [0.2, 0.25) is 0 Å². The monoisotopic (exact) mass is 390 g/mol. The fourth-order valence-corrected chi connectivity index (χ4v) is 2.82. The molecule has 3 aromatic rings.